The number of aliphatic hydroxyl groups is 1. The van der Waals surface area contributed by atoms with Gasteiger partial charge in [-0.15, -0.1) is 0 Å². The molecule has 9 atom stereocenters. The highest BCUT2D eigenvalue weighted by atomic mass is 35.5. The topological polar surface area (TPSA) is 335 Å². The zero-order chi connectivity index (χ0) is 57.1. The Morgan fingerprint density at radius 1 is 0.590 bits per heavy atom. The predicted octanol–water partition coefficient (Wildman–Crippen LogP) is 1.62. The van der Waals surface area contributed by atoms with E-state index in [0.717, 1.165) is 32.8 Å². The molecule has 0 aliphatic rings. The van der Waals surface area contributed by atoms with Crippen LogP contribution in [0.25, 0.3) is 21.7 Å². The standard InChI is InChI=1S/C55H72ClN11O9S2/c1-30(2)22-43(63-54(75)45(28-77)65-49(70)39(58)24-32-16-19-37(56)20-17-32)51(72)64-44(26-36-27-60-40-13-7-6-12-38(36)40)52(73)61-41(14-8-9-21-57)50(71)67-47(31(3)68)55(76)66-46(29-78)53(74)62-42(48(59)69)25-33-15-18-34-10-4-5-11-35(34)23-33/h4-7,10-13,15-20,23,27,30-31,39,41-47,60,68,77-78H,8-9,14,21-22,24-26,28-29,57-58H2,1-3H3,(H2,59,69)(H,61,73)(H,62,74)(H,63,75)(H,64,72)(H,65,70)(H,66,76)(H,67,71)/t31-,39-,41+,42+,43+,44-,45-,46+,47+/m1/s1. The Morgan fingerprint density at radius 2 is 1.13 bits per heavy atom. The summed E-state index contributed by atoms with van der Waals surface area (Å²) >= 11 is 14.6. The van der Waals surface area contributed by atoms with E-state index >= 15 is 0 Å². The average Bonchev–Trinajstić information content (AvgIpc) is 3.83. The second-order valence-electron chi connectivity index (χ2n) is 19.7. The average molecular weight is 1130 g/mol. The maximum atomic E-state index is 14.6. The van der Waals surface area contributed by atoms with E-state index in [0.29, 0.717) is 23.4 Å². The minimum Gasteiger partial charge on any atom is -0.391 e. The molecule has 0 unspecified atom stereocenters. The van der Waals surface area contributed by atoms with Crippen molar-refractivity contribution < 1.29 is 43.5 Å². The number of hydrogen-bond donors (Lipinski definition) is 14. The number of aromatic nitrogens is 1. The summed E-state index contributed by atoms with van der Waals surface area (Å²) in [5.41, 5.74) is 20.6. The molecule has 1 heterocycles. The molecule has 0 radical (unpaired) electrons. The van der Waals surface area contributed by atoms with Gasteiger partial charge in [0, 0.05) is 46.5 Å². The Morgan fingerprint density at radius 3 is 1.76 bits per heavy atom. The van der Waals surface area contributed by atoms with E-state index in [9.17, 15) is 43.5 Å². The van der Waals surface area contributed by atoms with Crippen LogP contribution in [0, 0.1) is 5.92 Å². The van der Waals surface area contributed by atoms with E-state index in [1.807, 2.05) is 80.6 Å². The molecule has 0 spiro atoms. The summed E-state index contributed by atoms with van der Waals surface area (Å²) in [4.78, 5) is 114. The molecule has 0 fully saturated rings. The van der Waals surface area contributed by atoms with Crippen molar-refractivity contribution in [2.24, 2.45) is 23.1 Å². The van der Waals surface area contributed by atoms with Crippen LogP contribution in [-0.2, 0) is 57.6 Å². The lowest BCUT2D eigenvalue weighted by Crippen LogP contribution is -2.62. The number of unbranched alkanes of at least 4 members (excludes halogenated alkanes) is 1. The summed E-state index contributed by atoms with van der Waals surface area (Å²) in [7, 11) is 0. The van der Waals surface area contributed by atoms with E-state index in [4.69, 9.17) is 28.8 Å². The Labute approximate surface area is 469 Å². The van der Waals surface area contributed by atoms with Crippen LogP contribution in [0.1, 0.15) is 63.1 Å². The number of fused-ring (bicyclic) bond motifs is 2. The van der Waals surface area contributed by atoms with Crippen molar-refractivity contribution in [3.8, 4) is 0 Å². The Bertz CT molecular complexity index is 2870. The van der Waals surface area contributed by atoms with Gasteiger partial charge < -0.3 is 64.5 Å². The molecule has 20 nitrogen and oxygen atoms in total. The molecule has 420 valence electrons. The second kappa shape index (κ2) is 30.5. The zero-order valence-corrected chi connectivity index (χ0v) is 46.3. The first kappa shape index (κ1) is 62.2. The molecule has 0 saturated carbocycles. The van der Waals surface area contributed by atoms with Crippen LogP contribution in [0.2, 0.25) is 5.02 Å². The van der Waals surface area contributed by atoms with Crippen molar-refractivity contribution in [3.05, 3.63) is 119 Å². The minimum atomic E-state index is -1.67. The van der Waals surface area contributed by atoms with Gasteiger partial charge in [-0.25, -0.2) is 0 Å². The molecule has 5 rings (SSSR count). The van der Waals surface area contributed by atoms with Crippen molar-refractivity contribution in [2.75, 3.05) is 18.1 Å². The summed E-state index contributed by atoms with van der Waals surface area (Å²) in [6.45, 7) is 5.17. The summed E-state index contributed by atoms with van der Waals surface area (Å²) in [6.07, 6.45) is 1.17. The third-order valence-corrected chi connectivity index (χ3v) is 13.9. The number of primary amides is 1. The molecule has 0 bridgehead atoms. The van der Waals surface area contributed by atoms with Gasteiger partial charge in [-0.3, -0.25) is 38.4 Å². The molecule has 0 aliphatic heterocycles. The van der Waals surface area contributed by atoms with Crippen LogP contribution >= 0.6 is 36.9 Å². The van der Waals surface area contributed by atoms with Gasteiger partial charge in [0.05, 0.1) is 12.1 Å². The number of H-pyrrole nitrogens is 1. The van der Waals surface area contributed by atoms with Gasteiger partial charge in [0.15, 0.2) is 0 Å². The van der Waals surface area contributed by atoms with Gasteiger partial charge in [0.25, 0.3) is 0 Å². The first-order valence-corrected chi connectivity index (χ1v) is 27.4. The minimum absolute atomic E-state index is 0.0102. The zero-order valence-electron chi connectivity index (χ0n) is 43.8. The molecule has 1 aromatic heterocycles. The molecule has 23 heteroatoms. The monoisotopic (exact) mass is 1130 g/mol. The molecular formula is C55H72ClN11O9S2. The lowest BCUT2D eigenvalue weighted by atomic mass is 10.00. The summed E-state index contributed by atoms with van der Waals surface area (Å²) in [5.74, 6) is -6.93. The molecular weight excluding hydrogens is 1060 g/mol. The van der Waals surface area contributed by atoms with Crippen LogP contribution in [0.15, 0.2) is 97.2 Å². The number of carbonyl (C=O) groups is 8. The van der Waals surface area contributed by atoms with Gasteiger partial charge >= 0.3 is 0 Å². The summed E-state index contributed by atoms with van der Waals surface area (Å²) in [6, 6.07) is 16.9. The fraction of sp³-hybridized carbons (Fsp3) is 0.418. The Kier molecular flexibility index (Phi) is 24.3. The van der Waals surface area contributed by atoms with Crippen LogP contribution in [0.3, 0.4) is 0 Å². The van der Waals surface area contributed by atoms with Gasteiger partial charge in [0.1, 0.15) is 42.3 Å². The van der Waals surface area contributed by atoms with Crippen molar-refractivity contribution >= 4 is 106 Å². The Balaban J connectivity index is 1.32. The number of para-hydroxylation sites is 1. The van der Waals surface area contributed by atoms with Gasteiger partial charge in [-0.05, 0) is 97.2 Å². The second-order valence-corrected chi connectivity index (χ2v) is 20.8. The van der Waals surface area contributed by atoms with E-state index in [2.05, 4.69) is 67.5 Å². The number of nitrogens with two attached hydrogens (primary N) is 3. The van der Waals surface area contributed by atoms with Gasteiger partial charge in [-0.1, -0.05) is 98.2 Å². The van der Waals surface area contributed by atoms with Crippen molar-refractivity contribution in [1.82, 2.24) is 42.2 Å². The smallest absolute Gasteiger partial charge is 0.245 e. The van der Waals surface area contributed by atoms with E-state index in [-0.39, 0.29) is 56.1 Å². The number of halogens is 1. The number of aliphatic hydroxyl groups excluding tert-OH is 1. The van der Waals surface area contributed by atoms with Crippen LogP contribution in [0.5, 0.6) is 0 Å². The SMILES string of the molecule is CC(C)C[C@H](NC(=O)[C@@H](CS)NC(=O)[C@H](N)Cc1ccc(Cl)cc1)C(=O)N[C@H](Cc1c[nH]c2ccccc12)C(=O)N[C@@H](CCCCN)C(=O)N[C@H](C(=O)N[C@@H](CS)C(=O)N[C@@H](Cc1ccc2ccccc2c1)C(N)=O)[C@@H](C)O. The lowest BCUT2D eigenvalue weighted by molar-refractivity contribution is -0.136. The highest BCUT2D eigenvalue weighted by molar-refractivity contribution is 7.80. The maximum Gasteiger partial charge on any atom is 0.245 e. The third-order valence-electron chi connectivity index (χ3n) is 13.0. The molecule has 4 aromatic carbocycles. The number of carbonyl (C=O) groups excluding carboxylic acids is 8. The summed E-state index contributed by atoms with van der Waals surface area (Å²) < 4.78 is 0. The fourth-order valence-corrected chi connectivity index (χ4v) is 9.30. The lowest BCUT2D eigenvalue weighted by Gasteiger charge is -2.29. The maximum absolute atomic E-state index is 14.6. The van der Waals surface area contributed by atoms with Crippen LogP contribution in [0.4, 0.5) is 0 Å². The van der Waals surface area contributed by atoms with Crippen molar-refractivity contribution in [1.29, 1.82) is 0 Å². The molecule has 0 saturated heterocycles. The normalized spacial score (nSPS) is 14.8. The number of benzene rings is 4. The highest BCUT2D eigenvalue weighted by Gasteiger charge is 2.36. The van der Waals surface area contributed by atoms with Crippen molar-refractivity contribution in [2.45, 2.75) is 120 Å². The van der Waals surface area contributed by atoms with Gasteiger partial charge in [-0.2, -0.15) is 25.3 Å². The van der Waals surface area contributed by atoms with Crippen LogP contribution < -0.4 is 54.4 Å². The number of rotatable bonds is 30. The number of thiol groups is 2. The number of nitrogens with one attached hydrogen (secondary N) is 8. The van der Waals surface area contributed by atoms with Crippen LogP contribution in [-0.4, -0.2) is 130 Å². The molecule has 78 heavy (non-hydrogen) atoms. The fourth-order valence-electron chi connectivity index (χ4n) is 8.66. The molecule has 0 aliphatic carbocycles. The summed E-state index contributed by atoms with van der Waals surface area (Å²) in [5, 5.41) is 32.5. The third kappa shape index (κ3) is 18.5. The quantitative estimate of drug-likeness (QED) is 0.0232. The van der Waals surface area contributed by atoms with Crippen molar-refractivity contribution in [3.63, 3.8) is 0 Å². The molecule has 5 aromatic rings. The number of amides is 8. The first-order chi connectivity index (χ1) is 37.2. The predicted molar refractivity (Wildman–Crippen MR) is 307 cm³/mol. The van der Waals surface area contributed by atoms with E-state index in [1.54, 1.807) is 30.5 Å². The number of aromatic amines is 1. The van der Waals surface area contributed by atoms with E-state index < -0.39 is 102 Å². The molecule has 8 amide bonds. The molecule has 15 N–H and O–H groups in total. The Hall–Kier alpha value is -6.69. The number of hydrogen-bond acceptors (Lipinski definition) is 13. The van der Waals surface area contributed by atoms with E-state index in [1.165, 1.54) is 6.92 Å². The highest BCUT2D eigenvalue weighted by Crippen LogP contribution is 2.21. The largest absolute Gasteiger partial charge is 0.391 e. The first-order valence-electron chi connectivity index (χ1n) is 25.8. The van der Waals surface area contributed by atoms with Gasteiger partial charge in [0.2, 0.25) is 47.3 Å².